The molecule has 0 unspecified atom stereocenters. The maximum atomic E-state index is 13.5. The quantitative estimate of drug-likeness (QED) is 0.900. The first-order valence-corrected chi connectivity index (χ1v) is 6.20. The summed E-state index contributed by atoms with van der Waals surface area (Å²) in [7, 11) is -2.51. The fourth-order valence-corrected chi connectivity index (χ4v) is 2.47. The van der Waals surface area contributed by atoms with Crippen LogP contribution in [0.4, 0.5) is 10.1 Å². The molecule has 2 rings (SSSR count). The van der Waals surface area contributed by atoms with E-state index in [1.807, 2.05) is 0 Å². The molecule has 0 bridgehead atoms. The van der Waals surface area contributed by atoms with E-state index in [0.717, 1.165) is 4.31 Å². The molecule has 0 aliphatic rings. The van der Waals surface area contributed by atoms with Gasteiger partial charge in [-0.1, -0.05) is 12.1 Å². The lowest BCUT2D eigenvalue weighted by molar-refractivity contribution is 0.586. The van der Waals surface area contributed by atoms with Gasteiger partial charge in [-0.05, 0) is 18.2 Å². The minimum atomic E-state index is -3.80. The van der Waals surface area contributed by atoms with Gasteiger partial charge in [0.15, 0.2) is 5.03 Å². The lowest BCUT2D eigenvalue weighted by atomic mass is 10.3. The number of anilines is 1. The van der Waals surface area contributed by atoms with Crippen molar-refractivity contribution in [1.29, 1.82) is 0 Å². The first-order valence-electron chi connectivity index (χ1n) is 4.76. The number of aromatic nitrogens is 2. The van der Waals surface area contributed by atoms with Crippen LogP contribution in [-0.4, -0.2) is 25.7 Å². The number of halogens is 1. The molecule has 1 aromatic heterocycles. The molecule has 2 aromatic rings. The van der Waals surface area contributed by atoms with Crippen molar-refractivity contribution in [2.75, 3.05) is 11.4 Å². The van der Waals surface area contributed by atoms with Crippen LogP contribution in [0.25, 0.3) is 0 Å². The minimum absolute atomic E-state index is 0.0119. The van der Waals surface area contributed by atoms with E-state index < -0.39 is 15.8 Å². The average molecular weight is 255 g/mol. The van der Waals surface area contributed by atoms with Crippen LogP contribution in [0.1, 0.15) is 0 Å². The van der Waals surface area contributed by atoms with E-state index in [4.69, 9.17) is 0 Å². The second-order valence-electron chi connectivity index (χ2n) is 3.34. The molecular weight excluding hydrogens is 245 g/mol. The van der Waals surface area contributed by atoms with Gasteiger partial charge in [0, 0.05) is 7.05 Å². The van der Waals surface area contributed by atoms with E-state index in [9.17, 15) is 12.8 Å². The summed E-state index contributed by atoms with van der Waals surface area (Å²) in [6.45, 7) is 0. The molecule has 0 atom stereocenters. The fourth-order valence-electron chi connectivity index (χ4n) is 1.37. The summed E-state index contributed by atoms with van der Waals surface area (Å²) < 4.78 is 38.4. The normalized spacial score (nSPS) is 11.4. The highest BCUT2D eigenvalue weighted by molar-refractivity contribution is 7.92. The number of rotatable bonds is 3. The molecule has 1 N–H and O–H groups in total. The Morgan fingerprint density at radius 3 is 2.59 bits per heavy atom. The lowest BCUT2D eigenvalue weighted by Crippen LogP contribution is -2.27. The molecular formula is C10H10FN3O2S. The van der Waals surface area contributed by atoms with E-state index in [1.54, 1.807) is 6.07 Å². The summed E-state index contributed by atoms with van der Waals surface area (Å²) in [5.74, 6) is -0.599. The molecule has 0 spiro atoms. The van der Waals surface area contributed by atoms with Gasteiger partial charge in [0.2, 0.25) is 0 Å². The number of hydrogen-bond donors (Lipinski definition) is 1. The van der Waals surface area contributed by atoms with Crippen molar-refractivity contribution >= 4 is 15.7 Å². The Labute approximate surface area is 97.9 Å². The third kappa shape index (κ3) is 2.01. The molecule has 5 nitrogen and oxygen atoms in total. The molecule has 7 heteroatoms. The van der Waals surface area contributed by atoms with Crippen molar-refractivity contribution in [3.8, 4) is 0 Å². The van der Waals surface area contributed by atoms with Crippen LogP contribution >= 0.6 is 0 Å². The van der Waals surface area contributed by atoms with Gasteiger partial charge in [-0.25, -0.2) is 4.39 Å². The van der Waals surface area contributed by atoms with Crippen LogP contribution in [0.5, 0.6) is 0 Å². The van der Waals surface area contributed by atoms with Crippen LogP contribution in [0, 0.1) is 5.82 Å². The highest BCUT2D eigenvalue weighted by atomic mass is 32.2. The highest BCUT2D eigenvalue weighted by Gasteiger charge is 2.24. The maximum absolute atomic E-state index is 13.5. The molecule has 0 amide bonds. The van der Waals surface area contributed by atoms with Crippen LogP contribution in [0.15, 0.2) is 41.6 Å². The molecule has 0 fully saturated rings. The molecule has 0 radical (unpaired) electrons. The summed E-state index contributed by atoms with van der Waals surface area (Å²) in [5, 5.41) is 5.83. The molecule has 0 saturated heterocycles. The van der Waals surface area contributed by atoms with Gasteiger partial charge >= 0.3 is 0 Å². The Balaban J connectivity index is 2.46. The summed E-state index contributed by atoms with van der Waals surface area (Å²) in [5.41, 5.74) is -0.0119. The van der Waals surface area contributed by atoms with Crippen molar-refractivity contribution in [3.63, 3.8) is 0 Å². The number of sulfonamides is 1. The third-order valence-electron chi connectivity index (χ3n) is 2.31. The standard InChI is InChI=1S/C10H10FN3O2S/c1-14(9-5-3-2-4-8(9)11)17(15,16)10-6-7-12-13-10/h2-7H,1H3,(H,12,13). The molecule has 1 heterocycles. The number of benzene rings is 1. The first-order chi connectivity index (χ1) is 8.03. The van der Waals surface area contributed by atoms with Crippen LogP contribution in [0.3, 0.4) is 0 Å². The topological polar surface area (TPSA) is 66.1 Å². The van der Waals surface area contributed by atoms with E-state index in [2.05, 4.69) is 10.2 Å². The fraction of sp³-hybridized carbons (Fsp3) is 0.100. The zero-order chi connectivity index (χ0) is 12.5. The van der Waals surface area contributed by atoms with Crippen molar-refractivity contribution in [1.82, 2.24) is 10.2 Å². The second-order valence-corrected chi connectivity index (χ2v) is 5.28. The Morgan fingerprint density at radius 2 is 2.00 bits per heavy atom. The molecule has 90 valence electrons. The summed E-state index contributed by atoms with van der Waals surface area (Å²) in [4.78, 5) is 0. The SMILES string of the molecule is CN(c1ccccc1F)S(=O)(=O)c1ccn[nH]1. The zero-order valence-corrected chi connectivity index (χ0v) is 9.78. The highest BCUT2D eigenvalue weighted by Crippen LogP contribution is 2.22. The van der Waals surface area contributed by atoms with E-state index in [0.29, 0.717) is 0 Å². The van der Waals surface area contributed by atoms with E-state index in [1.165, 1.54) is 37.5 Å². The molecule has 1 aromatic carbocycles. The van der Waals surface area contributed by atoms with Crippen molar-refractivity contribution in [2.24, 2.45) is 0 Å². The van der Waals surface area contributed by atoms with Gasteiger partial charge in [-0.15, -0.1) is 0 Å². The van der Waals surface area contributed by atoms with E-state index in [-0.39, 0.29) is 10.7 Å². The minimum Gasteiger partial charge on any atom is -0.266 e. The van der Waals surface area contributed by atoms with Crippen molar-refractivity contribution < 1.29 is 12.8 Å². The van der Waals surface area contributed by atoms with Crippen LogP contribution < -0.4 is 4.31 Å². The Morgan fingerprint density at radius 1 is 1.29 bits per heavy atom. The van der Waals surface area contributed by atoms with Crippen LogP contribution in [0.2, 0.25) is 0 Å². The number of nitrogens with one attached hydrogen (secondary N) is 1. The van der Waals surface area contributed by atoms with Crippen molar-refractivity contribution in [2.45, 2.75) is 5.03 Å². The Kier molecular flexibility index (Phi) is 2.84. The average Bonchev–Trinajstić information content (AvgIpc) is 2.83. The zero-order valence-electron chi connectivity index (χ0n) is 8.96. The summed E-state index contributed by atoms with van der Waals surface area (Å²) in [6, 6.07) is 6.97. The van der Waals surface area contributed by atoms with Gasteiger partial charge in [-0.3, -0.25) is 9.40 Å². The summed E-state index contributed by atoms with van der Waals surface area (Å²) >= 11 is 0. The van der Waals surface area contributed by atoms with Gasteiger partial charge in [-0.2, -0.15) is 13.5 Å². The molecule has 0 aliphatic carbocycles. The number of para-hydroxylation sites is 1. The van der Waals surface area contributed by atoms with E-state index >= 15 is 0 Å². The third-order valence-corrected chi connectivity index (χ3v) is 4.01. The predicted octanol–water partition coefficient (Wildman–Crippen LogP) is 1.37. The second kappa shape index (κ2) is 4.17. The molecule has 0 aliphatic heterocycles. The van der Waals surface area contributed by atoms with Gasteiger partial charge in [0.25, 0.3) is 10.0 Å². The summed E-state index contributed by atoms with van der Waals surface area (Å²) in [6.07, 6.45) is 1.32. The predicted molar refractivity (Wildman–Crippen MR) is 60.6 cm³/mol. The number of hydrogen-bond acceptors (Lipinski definition) is 3. The van der Waals surface area contributed by atoms with Crippen molar-refractivity contribution in [3.05, 3.63) is 42.3 Å². The molecule has 0 saturated carbocycles. The van der Waals surface area contributed by atoms with Crippen LogP contribution in [-0.2, 0) is 10.0 Å². The number of aromatic amines is 1. The Bertz CT molecular complexity index is 610. The maximum Gasteiger partial charge on any atom is 0.281 e. The van der Waals surface area contributed by atoms with Gasteiger partial charge < -0.3 is 0 Å². The number of H-pyrrole nitrogens is 1. The lowest BCUT2D eigenvalue weighted by Gasteiger charge is -2.18. The van der Waals surface area contributed by atoms with Gasteiger partial charge in [0.1, 0.15) is 5.82 Å². The number of nitrogens with zero attached hydrogens (tertiary/aromatic N) is 2. The van der Waals surface area contributed by atoms with Gasteiger partial charge in [0.05, 0.1) is 11.9 Å². The largest absolute Gasteiger partial charge is 0.281 e. The molecule has 17 heavy (non-hydrogen) atoms. The monoisotopic (exact) mass is 255 g/mol. The smallest absolute Gasteiger partial charge is 0.266 e. The Hall–Kier alpha value is -1.89. The first kappa shape index (κ1) is 11.6.